The fourth-order valence-corrected chi connectivity index (χ4v) is 3.49. The Labute approximate surface area is 171 Å². The van der Waals surface area contributed by atoms with Crippen LogP contribution in [0.25, 0.3) is 11.1 Å². The van der Waals surface area contributed by atoms with Gasteiger partial charge in [0, 0.05) is 41.7 Å². The molecule has 0 aromatic carbocycles. The SMILES string of the molecule is Cc1ncc(-c2cnc(C(C)(C)O)cc2C)c(OC[C@H]2C[C@@H]2c2ccccn2)n1. The van der Waals surface area contributed by atoms with E-state index >= 15 is 0 Å². The number of rotatable bonds is 6. The second-order valence-electron chi connectivity index (χ2n) is 8.25. The molecule has 1 aliphatic carbocycles. The maximum atomic E-state index is 10.2. The molecule has 0 aliphatic heterocycles. The van der Waals surface area contributed by atoms with Crippen molar-refractivity contribution in [3.8, 4) is 17.0 Å². The number of aryl methyl sites for hydroxylation is 2. The number of nitrogens with zero attached hydrogens (tertiary/aromatic N) is 4. The Bertz CT molecular complexity index is 1020. The van der Waals surface area contributed by atoms with Gasteiger partial charge in [-0.3, -0.25) is 9.97 Å². The van der Waals surface area contributed by atoms with Crippen molar-refractivity contribution in [1.29, 1.82) is 0 Å². The molecule has 3 aromatic heterocycles. The molecule has 0 unspecified atom stereocenters. The number of aromatic nitrogens is 4. The lowest BCUT2D eigenvalue weighted by Gasteiger charge is -2.18. The molecular formula is C23H26N4O2. The van der Waals surface area contributed by atoms with Gasteiger partial charge in [0.15, 0.2) is 0 Å². The Morgan fingerprint density at radius 2 is 1.90 bits per heavy atom. The van der Waals surface area contributed by atoms with E-state index in [-0.39, 0.29) is 0 Å². The minimum absolute atomic E-state index is 0.449. The molecule has 2 atom stereocenters. The monoisotopic (exact) mass is 390 g/mol. The van der Waals surface area contributed by atoms with E-state index in [0.717, 1.165) is 28.8 Å². The average Bonchev–Trinajstić information content (AvgIpc) is 3.46. The highest BCUT2D eigenvalue weighted by atomic mass is 16.5. The van der Waals surface area contributed by atoms with E-state index in [9.17, 15) is 5.11 Å². The standard InChI is InChI=1S/C23H26N4O2/c1-14-9-21(23(3,4)28)26-11-18(14)19-12-25-15(2)27-22(19)29-13-16-10-17(16)20-7-5-6-8-24-20/h5-9,11-12,16-17,28H,10,13H2,1-4H3/t16-,17+/m1/s1. The summed E-state index contributed by atoms with van der Waals surface area (Å²) in [6, 6.07) is 7.94. The Kier molecular flexibility index (Phi) is 5.04. The van der Waals surface area contributed by atoms with Crippen molar-refractivity contribution >= 4 is 0 Å². The van der Waals surface area contributed by atoms with E-state index in [4.69, 9.17) is 4.74 Å². The summed E-state index contributed by atoms with van der Waals surface area (Å²) in [5.74, 6) is 2.14. The van der Waals surface area contributed by atoms with E-state index in [1.54, 1.807) is 26.2 Å². The maximum absolute atomic E-state index is 10.2. The zero-order valence-corrected chi connectivity index (χ0v) is 17.3. The number of ether oxygens (including phenoxy) is 1. The van der Waals surface area contributed by atoms with Crippen LogP contribution in [0.1, 0.15) is 49.0 Å². The molecule has 0 bridgehead atoms. The van der Waals surface area contributed by atoms with Gasteiger partial charge in [0.2, 0.25) is 5.88 Å². The first-order valence-electron chi connectivity index (χ1n) is 9.90. The molecule has 0 spiro atoms. The summed E-state index contributed by atoms with van der Waals surface area (Å²) in [5, 5.41) is 10.2. The first-order chi connectivity index (χ1) is 13.8. The van der Waals surface area contributed by atoms with Crippen LogP contribution in [0.15, 0.2) is 42.9 Å². The van der Waals surface area contributed by atoms with Crippen molar-refractivity contribution in [2.75, 3.05) is 6.61 Å². The summed E-state index contributed by atoms with van der Waals surface area (Å²) in [7, 11) is 0. The van der Waals surface area contributed by atoms with Gasteiger partial charge in [0.05, 0.1) is 17.9 Å². The molecule has 1 saturated carbocycles. The van der Waals surface area contributed by atoms with E-state index in [2.05, 4.69) is 26.0 Å². The first kappa shape index (κ1) is 19.5. The molecule has 6 nitrogen and oxygen atoms in total. The molecule has 3 heterocycles. The van der Waals surface area contributed by atoms with Crippen LogP contribution in [0.3, 0.4) is 0 Å². The van der Waals surface area contributed by atoms with Gasteiger partial charge in [0.25, 0.3) is 0 Å². The van der Waals surface area contributed by atoms with Gasteiger partial charge < -0.3 is 9.84 Å². The van der Waals surface area contributed by atoms with Gasteiger partial charge >= 0.3 is 0 Å². The number of aliphatic hydroxyl groups is 1. The third-order valence-corrected chi connectivity index (χ3v) is 5.33. The predicted molar refractivity (Wildman–Crippen MR) is 111 cm³/mol. The molecule has 0 radical (unpaired) electrons. The van der Waals surface area contributed by atoms with Gasteiger partial charge in [-0.15, -0.1) is 0 Å². The summed E-state index contributed by atoms with van der Waals surface area (Å²) in [6.07, 6.45) is 6.47. The summed E-state index contributed by atoms with van der Waals surface area (Å²) in [6.45, 7) is 7.90. The van der Waals surface area contributed by atoms with Crippen molar-refractivity contribution < 1.29 is 9.84 Å². The fraction of sp³-hybridized carbons (Fsp3) is 0.391. The van der Waals surface area contributed by atoms with Crippen LogP contribution in [-0.2, 0) is 5.60 Å². The zero-order valence-electron chi connectivity index (χ0n) is 17.3. The van der Waals surface area contributed by atoms with Crippen LogP contribution in [-0.4, -0.2) is 31.6 Å². The van der Waals surface area contributed by atoms with Crippen LogP contribution in [0.5, 0.6) is 5.88 Å². The highest BCUT2D eigenvalue weighted by Gasteiger charge is 2.40. The second kappa shape index (κ2) is 7.52. The van der Waals surface area contributed by atoms with Crippen LogP contribution < -0.4 is 4.74 Å². The first-order valence-corrected chi connectivity index (χ1v) is 9.90. The lowest BCUT2D eigenvalue weighted by Crippen LogP contribution is -2.17. The zero-order chi connectivity index (χ0) is 20.6. The third kappa shape index (κ3) is 4.27. The Morgan fingerprint density at radius 3 is 2.59 bits per heavy atom. The molecule has 0 amide bonds. The van der Waals surface area contributed by atoms with Gasteiger partial charge in [-0.05, 0) is 57.9 Å². The molecule has 4 rings (SSSR count). The molecular weight excluding hydrogens is 364 g/mol. The summed E-state index contributed by atoms with van der Waals surface area (Å²) >= 11 is 0. The molecule has 1 fully saturated rings. The van der Waals surface area contributed by atoms with E-state index < -0.39 is 5.60 Å². The molecule has 0 saturated heterocycles. The quantitative estimate of drug-likeness (QED) is 0.686. The lowest BCUT2D eigenvalue weighted by atomic mass is 9.99. The van der Waals surface area contributed by atoms with Crippen molar-refractivity contribution in [3.05, 3.63) is 65.6 Å². The van der Waals surface area contributed by atoms with Crippen LogP contribution >= 0.6 is 0 Å². The summed E-state index contributed by atoms with van der Waals surface area (Å²) in [4.78, 5) is 17.8. The Balaban J connectivity index is 1.54. The number of hydrogen-bond donors (Lipinski definition) is 1. The smallest absolute Gasteiger partial charge is 0.224 e. The molecule has 150 valence electrons. The maximum Gasteiger partial charge on any atom is 0.224 e. The van der Waals surface area contributed by atoms with Gasteiger partial charge in [-0.1, -0.05) is 6.07 Å². The van der Waals surface area contributed by atoms with E-state index in [0.29, 0.717) is 35.8 Å². The molecule has 1 N–H and O–H groups in total. The molecule has 6 heteroatoms. The van der Waals surface area contributed by atoms with E-state index in [1.165, 1.54) is 0 Å². The Hall–Kier alpha value is -2.86. The fourth-order valence-electron chi connectivity index (χ4n) is 3.49. The minimum Gasteiger partial charge on any atom is -0.477 e. The molecule has 29 heavy (non-hydrogen) atoms. The van der Waals surface area contributed by atoms with Crippen LogP contribution in [0.4, 0.5) is 0 Å². The summed E-state index contributed by atoms with van der Waals surface area (Å²) in [5.41, 5.74) is 3.49. The second-order valence-corrected chi connectivity index (χ2v) is 8.25. The largest absolute Gasteiger partial charge is 0.477 e. The van der Waals surface area contributed by atoms with Crippen molar-refractivity contribution in [1.82, 2.24) is 19.9 Å². The minimum atomic E-state index is -0.987. The van der Waals surface area contributed by atoms with Crippen LogP contribution in [0, 0.1) is 19.8 Å². The van der Waals surface area contributed by atoms with Crippen molar-refractivity contribution in [2.24, 2.45) is 5.92 Å². The average molecular weight is 390 g/mol. The van der Waals surface area contributed by atoms with Gasteiger partial charge in [-0.25, -0.2) is 4.98 Å². The highest BCUT2D eigenvalue weighted by molar-refractivity contribution is 5.70. The molecule has 1 aliphatic rings. The number of hydrogen-bond acceptors (Lipinski definition) is 6. The van der Waals surface area contributed by atoms with Crippen molar-refractivity contribution in [3.63, 3.8) is 0 Å². The molecule has 3 aromatic rings. The number of pyridine rings is 2. The highest BCUT2D eigenvalue weighted by Crippen LogP contribution is 2.47. The van der Waals surface area contributed by atoms with Gasteiger partial charge in [0.1, 0.15) is 11.4 Å². The third-order valence-electron chi connectivity index (χ3n) is 5.33. The predicted octanol–water partition coefficient (Wildman–Crippen LogP) is 3.96. The topological polar surface area (TPSA) is 81.0 Å². The van der Waals surface area contributed by atoms with Gasteiger partial charge in [-0.2, -0.15) is 4.98 Å². The summed E-state index contributed by atoms with van der Waals surface area (Å²) < 4.78 is 6.14. The van der Waals surface area contributed by atoms with Crippen LogP contribution in [0.2, 0.25) is 0 Å². The Morgan fingerprint density at radius 1 is 1.10 bits per heavy atom. The van der Waals surface area contributed by atoms with Crippen molar-refractivity contribution in [2.45, 2.75) is 45.6 Å². The normalized spacial score (nSPS) is 18.5. The lowest BCUT2D eigenvalue weighted by molar-refractivity contribution is 0.0738. The van der Waals surface area contributed by atoms with E-state index in [1.807, 2.05) is 38.2 Å².